The van der Waals surface area contributed by atoms with Gasteiger partial charge in [0.05, 0.1) is 23.0 Å². The number of rotatable bonds is 2. The molecule has 0 saturated heterocycles. The topological polar surface area (TPSA) is 48.5 Å². The third-order valence-electron chi connectivity index (χ3n) is 2.31. The molecule has 3 heteroatoms. The molecule has 0 aliphatic rings. The van der Waals surface area contributed by atoms with E-state index in [1.807, 2.05) is 31.2 Å². The minimum absolute atomic E-state index is 0.624. The fourth-order valence-corrected chi connectivity index (χ4v) is 1.33. The third-order valence-corrected chi connectivity index (χ3v) is 2.31. The maximum Gasteiger partial charge on any atom is 0.0991 e. The van der Waals surface area contributed by atoms with Crippen LogP contribution in [-0.4, -0.2) is 0 Å². The molecule has 0 spiro atoms. The first-order valence-corrected chi connectivity index (χ1v) is 5.26. The molecule has 2 aromatic carbocycles. The van der Waals surface area contributed by atoms with Crippen molar-refractivity contribution in [1.82, 2.24) is 0 Å². The average molecular weight is 221 g/mol. The van der Waals surface area contributed by atoms with Crippen LogP contribution in [0.3, 0.4) is 0 Å². The van der Waals surface area contributed by atoms with E-state index in [1.54, 1.807) is 24.3 Å². The zero-order chi connectivity index (χ0) is 12.1. The van der Waals surface area contributed by atoms with E-state index in [2.05, 4.69) is 16.3 Å². The maximum atomic E-state index is 8.66. The van der Waals surface area contributed by atoms with Crippen LogP contribution in [0, 0.1) is 18.3 Å². The van der Waals surface area contributed by atoms with Gasteiger partial charge in [-0.2, -0.15) is 15.5 Å². The number of nitrogens with zero attached hydrogens (tertiary/aromatic N) is 3. The summed E-state index contributed by atoms with van der Waals surface area (Å²) in [5.74, 6) is 0. The van der Waals surface area contributed by atoms with Crippen LogP contribution < -0.4 is 0 Å². The fourth-order valence-electron chi connectivity index (χ4n) is 1.33. The van der Waals surface area contributed by atoms with Crippen molar-refractivity contribution in [2.75, 3.05) is 0 Å². The molecule has 0 atom stereocenters. The van der Waals surface area contributed by atoms with Gasteiger partial charge in [-0.3, -0.25) is 0 Å². The Hall–Kier alpha value is -2.47. The van der Waals surface area contributed by atoms with Crippen molar-refractivity contribution in [3.63, 3.8) is 0 Å². The summed E-state index contributed by atoms with van der Waals surface area (Å²) >= 11 is 0. The van der Waals surface area contributed by atoms with Crippen LogP contribution in [0.4, 0.5) is 11.4 Å². The van der Waals surface area contributed by atoms with E-state index in [9.17, 15) is 0 Å². The molecule has 3 nitrogen and oxygen atoms in total. The number of hydrogen-bond donors (Lipinski definition) is 0. The summed E-state index contributed by atoms with van der Waals surface area (Å²) in [6, 6.07) is 16.9. The van der Waals surface area contributed by atoms with Gasteiger partial charge in [-0.25, -0.2) is 0 Å². The zero-order valence-corrected chi connectivity index (χ0v) is 9.46. The summed E-state index contributed by atoms with van der Waals surface area (Å²) in [5.41, 5.74) is 3.38. The van der Waals surface area contributed by atoms with E-state index in [-0.39, 0.29) is 0 Å². The molecule has 82 valence electrons. The van der Waals surface area contributed by atoms with Crippen molar-refractivity contribution < 1.29 is 0 Å². The van der Waals surface area contributed by atoms with Gasteiger partial charge in [-0.1, -0.05) is 17.7 Å². The quantitative estimate of drug-likeness (QED) is 0.698. The SMILES string of the molecule is Cc1ccc(N=Nc2ccc(C#N)cc2)cc1. The second-order valence-electron chi connectivity index (χ2n) is 3.69. The van der Waals surface area contributed by atoms with E-state index in [0.717, 1.165) is 11.4 Å². The van der Waals surface area contributed by atoms with Crippen molar-refractivity contribution >= 4 is 11.4 Å². The number of hydrogen-bond acceptors (Lipinski definition) is 3. The van der Waals surface area contributed by atoms with Gasteiger partial charge in [0, 0.05) is 0 Å². The highest BCUT2D eigenvalue weighted by molar-refractivity contribution is 5.44. The maximum absolute atomic E-state index is 8.66. The number of benzene rings is 2. The second kappa shape index (κ2) is 5.04. The first-order valence-electron chi connectivity index (χ1n) is 5.26. The standard InChI is InChI=1S/C14H11N3/c1-11-2-6-13(7-3-11)16-17-14-8-4-12(10-15)5-9-14/h2-9H,1H3. The third kappa shape index (κ3) is 2.99. The molecule has 0 aromatic heterocycles. The Morgan fingerprint density at radius 2 is 1.29 bits per heavy atom. The Bertz CT molecular complexity index is 560. The summed E-state index contributed by atoms with van der Waals surface area (Å²) < 4.78 is 0. The first-order chi connectivity index (χ1) is 8.28. The van der Waals surface area contributed by atoms with Gasteiger partial charge in [0.15, 0.2) is 0 Å². The number of nitriles is 1. The highest BCUT2D eigenvalue weighted by Gasteiger charge is 1.92. The molecule has 2 aromatic rings. The zero-order valence-electron chi connectivity index (χ0n) is 9.46. The van der Waals surface area contributed by atoms with Gasteiger partial charge in [-0.15, -0.1) is 0 Å². The van der Waals surface area contributed by atoms with E-state index in [0.29, 0.717) is 5.56 Å². The molecule has 0 unspecified atom stereocenters. The van der Waals surface area contributed by atoms with Crippen LogP contribution in [-0.2, 0) is 0 Å². The molecule has 0 fully saturated rings. The van der Waals surface area contributed by atoms with Crippen LogP contribution in [0.25, 0.3) is 0 Å². The Balaban J connectivity index is 2.14. The summed E-state index contributed by atoms with van der Waals surface area (Å²) in [5, 5.41) is 16.9. The first kappa shape index (κ1) is 11.0. The number of azo groups is 1. The summed E-state index contributed by atoms with van der Waals surface area (Å²) in [6.45, 7) is 2.03. The van der Waals surface area contributed by atoms with E-state index < -0.39 is 0 Å². The van der Waals surface area contributed by atoms with E-state index in [4.69, 9.17) is 5.26 Å². The summed E-state index contributed by atoms with van der Waals surface area (Å²) in [7, 11) is 0. The molecule has 2 rings (SSSR count). The normalized spacial score (nSPS) is 10.4. The van der Waals surface area contributed by atoms with Gasteiger partial charge in [-0.05, 0) is 43.3 Å². The van der Waals surface area contributed by atoms with Crippen molar-refractivity contribution in [1.29, 1.82) is 5.26 Å². The Morgan fingerprint density at radius 1 is 0.824 bits per heavy atom. The molecule has 0 radical (unpaired) electrons. The summed E-state index contributed by atoms with van der Waals surface area (Å²) in [4.78, 5) is 0. The molecule has 0 amide bonds. The fraction of sp³-hybridized carbons (Fsp3) is 0.0714. The van der Waals surface area contributed by atoms with Crippen molar-refractivity contribution in [2.45, 2.75) is 6.92 Å². The van der Waals surface area contributed by atoms with Gasteiger partial charge >= 0.3 is 0 Å². The molecular weight excluding hydrogens is 210 g/mol. The van der Waals surface area contributed by atoms with Gasteiger partial charge in [0.1, 0.15) is 0 Å². The minimum Gasteiger partial charge on any atom is -0.192 e. The molecule has 0 aliphatic heterocycles. The van der Waals surface area contributed by atoms with Crippen LogP contribution in [0.1, 0.15) is 11.1 Å². The smallest absolute Gasteiger partial charge is 0.0991 e. The van der Waals surface area contributed by atoms with Gasteiger partial charge < -0.3 is 0 Å². The number of aryl methyl sites for hydroxylation is 1. The largest absolute Gasteiger partial charge is 0.192 e. The lowest BCUT2D eigenvalue weighted by Crippen LogP contribution is -1.71. The molecule has 17 heavy (non-hydrogen) atoms. The molecule has 0 N–H and O–H groups in total. The van der Waals surface area contributed by atoms with Crippen molar-refractivity contribution in [2.24, 2.45) is 10.2 Å². The van der Waals surface area contributed by atoms with Crippen LogP contribution >= 0.6 is 0 Å². The monoisotopic (exact) mass is 221 g/mol. The van der Waals surface area contributed by atoms with Crippen molar-refractivity contribution in [3.8, 4) is 6.07 Å². The molecule has 0 aliphatic carbocycles. The Morgan fingerprint density at radius 3 is 1.76 bits per heavy atom. The average Bonchev–Trinajstić information content (AvgIpc) is 2.39. The molecule has 0 saturated carbocycles. The molecule has 0 bridgehead atoms. The lowest BCUT2D eigenvalue weighted by molar-refractivity contribution is 1.23. The van der Waals surface area contributed by atoms with Crippen LogP contribution in [0.2, 0.25) is 0 Å². The lowest BCUT2D eigenvalue weighted by Gasteiger charge is -1.94. The van der Waals surface area contributed by atoms with Crippen LogP contribution in [0.15, 0.2) is 58.8 Å². The molecule has 0 heterocycles. The predicted octanol–water partition coefficient (Wildman–Crippen LogP) is 4.28. The Labute approximate surface area is 100 Å². The summed E-state index contributed by atoms with van der Waals surface area (Å²) in [6.07, 6.45) is 0. The van der Waals surface area contributed by atoms with E-state index in [1.165, 1.54) is 5.56 Å². The van der Waals surface area contributed by atoms with Crippen molar-refractivity contribution in [3.05, 3.63) is 59.7 Å². The van der Waals surface area contributed by atoms with Gasteiger partial charge in [0.2, 0.25) is 0 Å². The lowest BCUT2D eigenvalue weighted by atomic mass is 10.2. The second-order valence-corrected chi connectivity index (χ2v) is 3.69. The minimum atomic E-state index is 0.624. The van der Waals surface area contributed by atoms with E-state index >= 15 is 0 Å². The van der Waals surface area contributed by atoms with Crippen LogP contribution in [0.5, 0.6) is 0 Å². The highest BCUT2D eigenvalue weighted by Crippen LogP contribution is 2.18. The molecular formula is C14H11N3. The highest BCUT2D eigenvalue weighted by atomic mass is 15.1. The van der Waals surface area contributed by atoms with Gasteiger partial charge in [0.25, 0.3) is 0 Å². The Kier molecular flexibility index (Phi) is 3.27. The predicted molar refractivity (Wildman–Crippen MR) is 66.5 cm³/mol.